The molecule has 0 aliphatic heterocycles. The molecule has 604 valence electrons. The van der Waals surface area contributed by atoms with Gasteiger partial charge in [0.25, 0.3) is 0 Å². The third kappa shape index (κ3) is 36.9. The lowest BCUT2D eigenvalue weighted by Gasteiger charge is -2.29. The van der Waals surface area contributed by atoms with E-state index < -0.39 is 224 Å². The maximum atomic E-state index is 14.6. The maximum absolute atomic E-state index is 14.6. The molecule has 0 aromatic heterocycles. The van der Waals surface area contributed by atoms with Crippen molar-refractivity contribution in [3.63, 3.8) is 0 Å². The lowest BCUT2D eigenvalue weighted by Crippen LogP contribution is -2.62. The first kappa shape index (κ1) is 93.3. The standard InChI is InChI=1S/C68H106N20O21/c1-33(2)26-43(82-58(100)42(21-23-52(93)94)79-57(99)41(20-22-50(70)91)80-62(104)47(31-53(95)96)85-60(102)45(28-36-12-8-7-9-13-36)81-55(97)39(69)14-10-24-76-67(72)73)59(101)78-40(15-11-25-77-68(74)75)56(98)83-44(27-34(3)4)63(105)88-54(35(5)6)65(107)87-49(32-89)64(106)84-46(29-37-16-18-38(90)19-17-37)61(103)86-48(66(108)109)30-51(71)92/h7-9,12-13,16-19,33-35,39-49,54,89-90H,10-11,14-15,20-32,69H2,1-6H3,(H2,70,91)(H2,71,92)(H,78,101)(H,79,99)(H,80,104)(H,81,97)(H,82,100)(H,83,98)(H,84,106)(H,85,102)(H,86,103)(H,87,107)(H,88,105)(H,93,94)(H,95,96)(H,108,109)(H4,72,73,76)(H4,74,75,77)/t39-,40-,41-,42-,43-,44-,45-,46-,47-,48-,49-,54-/m0/s1. The minimum atomic E-state index is -2.01. The van der Waals surface area contributed by atoms with Crippen LogP contribution in [0, 0.1) is 17.8 Å². The summed E-state index contributed by atoms with van der Waals surface area (Å²) in [6.07, 6.45) is -5.58. The fraction of sp³-hybridized carbons (Fsp3) is 0.559. The highest BCUT2D eigenvalue weighted by molar-refractivity contribution is 6.00. The number of phenolic OH excluding ortho intramolecular Hbond substituents is 1. The normalized spacial score (nSPS) is 14.3. The SMILES string of the molecule is CC(C)C[C@H](NC(=O)[C@H](CCC(=O)O)NC(=O)[C@H](CCC(N)=O)NC(=O)[C@H](CC(=O)O)NC(=O)[C@H](Cc1ccccc1)NC(=O)[C@@H](N)CCCN=C(N)N)C(=O)N[C@@H](CCCN=C(N)N)C(=O)N[C@@H](CC(C)C)C(=O)N[C@H](C(=O)N[C@@H](CO)C(=O)N[C@@H](Cc1ccc(O)cc1)C(=O)N[C@@H](CC(N)=O)C(=O)O)C(C)C. The van der Waals surface area contributed by atoms with Crippen LogP contribution in [-0.4, -0.2) is 224 Å². The van der Waals surface area contributed by atoms with Gasteiger partial charge in [-0.2, -0.15) is 0 Å². The number of hydrogen-bond donors (Lipinski definition) is 23. The Balaban J connectivity index is 2.54. The number of carbonyl (C=O) groups excluding carboxylic acids is 13. The topological polar surface area (TPSA) is 713 Å². The number of nitrogens with zero attached hydrogens (tertiary/aromatic N) is 2. The third-order valence-electron chi connectivity index (χ3n) is 16.2. The van der Waals surface area contributed by atoms with E-state index in [4.69, 9.17) is 40.1 Å². The molecule has 30 N–H and O–H groups in total. The van der Waals surface area contributed by atoms with E-state index in [0.717, 1.165) is 0 Å². The zero-order chi connectivity index (χ0) is 82.4. The molecule has 2 rings (SSSR count). The molecule has 0 radical (unpaired) electrons. The summed E-state index contributed by atoms with van der Waals surface area (Å²) in [5, 5.41) is 76.0. The molecule has 0 heterocycles. The van der Waals surface area contributed by atoms with Crippen LogP contribution in [0.4, 0.5) is 0 Å². The van der Waals surface area contributed by atoms with E-state index in [2.05, 4.69) is 68.5 Å². The molecule has 0 saturated carbocycles. The Kier molecular flexibility index (Phi) is 40.8. The van der Waals surface area contributed by atoms with Crippen molar-refractivity contribution in [2.75, 3.05) is 19.7 Å². The molecule has 0 spiro atoms. The molecule has 0 aliphatic rings. The second kappa shape index (κ2) is 47.7. The number of benzene rings is 2. The zero-order valence-corrected chi connectivity index (χ0v) is 61.6. The molecule has 0 unspecified atom stereocenters. The van der Waals surface area contributed by atoms with E-state index in [9.17, 15) is 102 Å². The fourth-order valence-electron chi connectivity index (χ4n) is 10.5. The Hall–Kier alpha value is -11.8. The molecule has 41 nitrogen and oxygen atoms in total. The Bertz CT molecular complexity index is 3520. The number of amides is 13. The van der Waals surface area contributed by atoms with Crippen LogP contribution in [-0.2, 0) is 89.6 Å². The van der Waals surface area contributed by atoms with Crippen molar-refractivity contribution in [1.29, 1.82) is 0 Å². The predicted octanol–water partition coefficient (Wildman–Crippen LogP) is -6.75. The molecule has 41 heteroatoms. The van der Waals surface area contributed by atoms with Crippen molar-refractivity contribution in [3.8, 4) is 5.75 Å². The Labute approximate surface area is 628 Å². The van der Waals surface area contributed by atoms with Crippen molar-refractivity contribution < 1.29 is 102 Å². The molecule has 2 aromatic rings. The van der Waals surface area contributed by atoms with Gasteiger partial charge in [-0.25, -0.2) is 4.79 Å². The number of rotatable bonds is 51. The van der Waals surface area contributed by atoms with Crippen molar-refractivity contribution >= 4 is 107 Å². The first-order valence-electron chi connectivity index (χ1n) is 35.0. The minimum absolute atomic E-state index is 0.0130. The van der Waals surface area contributed by atoms with Crippen molar-refractivity contribution in [2.45, 2.75) is 204 Å². The van der Waals surface area contributed by atoms with Crippen LogP contribution >= 0.6 is 0 Å². The first-order valence-corrected chi connectivity index (χ1v) is 35.0. The monoisotopic (exact) mass is 1540 g/mol. The second-order valence-electron chi connectivity index (χ2n) is 26.9. The maximum Gasteiger partial charge on any atom is 0.326 e. The lowest BCUT2D eigenvalue weighted by atomic mass is 9.98. The number of aliphatic hydroxyl groups excluding tert-OH is 1. The van der Waals surface area contributed by atoms with Gasteiger partial charge >= 0.3 is 17.9 Å². The Morgan fingerprint density at radius 2 is 0.761 bits per heavy atom. The molecule has 0 bridgehead atoms. The molecule has 109 heavy (non-hydrogen) atoms. The van der Waals surface area contributed by atoms with Gasteiger partial charge in [-0.3, -0.25) is 81.9 Å². The number of nitrogens with one attached hydrogen (secondary N) is 11. The van der Waals surface area contributed by atoms with Crippen LogP contribution in [0.2, 0.25) is 0 Å². The summed E-state index contributed by atoms with van der Waals surface area (Å²) in [5.41, 5.74) is 39.4. The second-order valence-corrected chi connectivity index (χ2v) is 26.9. The van der Waals surface area contributed by atoms with E-state index in [0.29, 0.717) is 11.1 Å². The fourth-order valence-corrected chi connectivity index (χ4v) is 10.5. The number of guanidine groups is 2. The van der Waals surface area contributed by atoms with E-state index in [-0.39, 0.29) is 88.0 Å². The smallest absolute Gasteiger partial charge is 0.326 e. The Morgan fingerprint density at radius 3 is 1.19 bits per heavy atom. The highest BCUT2D eigenvalue weighted by Crippen LogP contribution is 2.16. The predicted molar refractivity (Wildman–Crippen MR) is 391 cm³/mol. The molecule has 12 atom stereocenters. The van der Waals surface area contributed by atoms with Crippen molar-refractivity contribution in [1.82, 2.24) is 58.5 Å². The van der Waals surface area contributed by atoms with E-state index in [1.54, 1.807) is 58.0 Å². The highest BCUT2D eigenvalue weighted by atomic mass is 16.4. The zero-order valence-electron chi connectivity index (χ0n) is 61.6. The molecule has 0 aliphatic carbocycles. The number of carboxylic acid groups (broad SMARTS) is 3. The van der Waals surface area contributed by atoms with Crippen molar-refractivity contribution in [3.05, 3.63) is 65.7 Å². The summed E-state index contributed by atoms with van der Waals surface area (Å²) < 4.78 is 0. The third-order valence-corrected chi connectivity index (χ3v) is 16.2. The van der Waals surface area contributed by atoms with Gasteiger partial charge in [0.15, 0.2) is 11.9 Å². The van der Waals surface area contributed by atoms with Crippen LogP contribution in [0.25, 0.3) is 0 Å². The van der Waals surface area contributed by atoms with Crippen LogP contribution < -0.4 is 98.6 Å². The highest BCUT2D eigenvalue weighted by Gasteiger charge is 2.39. The van der Waals surface area contributed by atoms with Gasteiger partial charge < -0.3 is 124 Å². The van der Waals surface area contributed by atoms with E-state index >= 15 is 0 Å². The van der Waals surface area contributed by atoms with Gasteiger partial charge in [-0.05, 0) is 92.4 Å². The van der Waals surface area contributed by atoms with Gasteiger partial charge in [0.05, 0.1) is 25.5 Å². The molecule has 0 fully saturated rings. The van der Waals surface area contributed by atoms with Gasteiger partial charge in [-0.15, -0.1) is 0 Å². The molecular weight excluding hydrogens is 1430 g/mol. The number of aliphatic hydroxyl groups is 1. The molecule has 2 aromatic carbocycles. The number of aromatic hydroxyl groups is 1. The quantitative estimate of drug-likeness (QED) is 0.0166. The minimum Gasteiger partial charge on any atom is -0.508 e. The average molecular weight is 1540 g/mol. The summed E-state index contributed by atoms with van der Waals surface area (Å²) >= 11 is 0. The molecular formula is C68H106N20O21. The number of primary amides is 2. The number of carboxylic acids is 3. The molecule has 0 saturated heterocycles. The summed E-state index contributed by atoms with van der Waals surface area (Å²) in [6, 6.07) is -6.56. The summed E-state index contributed by atoms with van der Waals surface area (Å²) in [6.45, 7) is 8.57. The van der Waals surface area contributed by atoms with Gasteiger partial charge in [0.1, 0.15) is 72.2 Å². The van der Waals surface area contributed by atoms with Gasteiger partial charge in [0, 0.05) is 38.8 Å². The number of nitrogens with two attached hydrogens (primary N) is 7. The van der Waals surface area contributed by atoms with Crippen LogP contribution in [0.15, 0.2) is 64.6 Å². The first-order chi connectivity index (χ1) is 51.1. The number of aliphatic imine (C=N–C) groups is 2. The lowest BCUT2D eigenvalue weighted by molar-refractivity contribution is -0.144. The summed E-state index contributed by atoms with van der Waals surface area (Å²) in [7, 11) is 0. The number of carbonyl (C=O) groups is 16. The average Bonchev–Trinajstić information content (AvgIpc) is 0.855. The van der Waals surface area contributed by atoms with Crippen LogP contribution in [0.3, 0.4) is 0 Å². The van der Waals surface area contributed by atoms with E-state index in [1.807, 2.05) is 0 Å². The van der Waals surface area contributed by atoms with Crippen molar-refractivity contribution in [2.24, 2.45) is 67.9 Å². The Morgan fingerprint density at radius 1 is 0.385 bits per heavy atom. The van der Waals surface area contributed by atoms with Crippen LogP contribution in [0.1, 0.15) is 130 Å². The van der Waals surface area contributed by atoms with Crippen LogP contribution in [0.5, 0.6) is 5.75 Å². The van der Waals surface area contributed by atoms with E-state index in [1.165, 1.54) is 38.1 Å². The number of aliphatic carboxylic acids is 3. The largest absolute Gasteiger partial charge is 0.508 e. The number of hydrogen-bond acceptors (Lipinski definition) is 21. The summed E-state index contributed by atoms with van der Waals surface area (Å²) in [5.74, 6) is -21.3. The van der Waals surface area contributed by atoms with Gasteiger partial charge in [-0.1, -0.05) is 84.0 Å². The summed E-state index contributed by atoms with van der Waals surface area (Å²) in [4.78, 5) is 223. The number of phenols is 1. The van der Waals surface area contributed by atoms with Gasteiger partial charge in [0.2, 0.25) is 76.8 Å². The molecule has 13 amide bonds.